The van der Waals surface area contributed by atoms with E-state index in [0.29, 0.717) is 17.1 Å². The van der Waals surface area contributed by atoms with Gasteiger partial charge in [0, 0.05) is 17.8 Å². The molecule has 132 valence electrons. The van der Waals surface area contributed by atoms with Crippen LogP contribution in [0.4, 0.5) is 0 Å². The number of hydrogen-bond acceptors (Lipinski definition) is 6. The Bertz CT molecular complexity index is 944. The molecule has 0 saturated carbocycles. The lowest BCUT2D eigenvalue weighted by Gasteiger charge is -2.15. The van der Waals surface area contributed by atoms with Gasteiger partial charge in [0.2, 0.25) is 6.79 Å². The predicted molar refractivity (Wildman–Crippen MR) is 96.4 cm³/mol. The summed E-state index contributed by atoms with van der Waals surface area (Å²) in [6.07, 6.45) is 2.88. The van der Waals surface area contributed by atoms with Crippen molar-refractivity contribution in [2.24, 2.45) is 0 Å². The lowest BCUT2D eigenvalue weighted by Crippen LogP contribution is -2.15. The molecule has 0 spiro atoms. The second kappa shape index (κ2) is 6.52. The van der Waals surface area contributed by atoms with E-state index in [1.807, 2.05) is 30.3 Å². The Kier molecular flexibility index (Phi) is 4.05. The van der Waals surface area contributed by atoms with Crippen LogP contribution >= 0.6 is 0 Å². The van der Waals surface area contributed by atoms with Gasteiger partial charge in [0.15, 0.2) is 23.0 Å². The molecule has 4 rings (SSSR count). The highest BCUT2D eigenvalue weighted by molar-refractivity contribution is 5.86. The fourth-order valence-corrected chi connectivity index (χ4v) is 3.32. The van der Waals surface area contributed by atoms with E-state index in [1.54, 1.807) is 7.11 Å². The van der Waals surface area contributed by atoms with Crippen molar-refractivity contribution in [3.8, 4) is 29.1 Å². The summed E-state index contributed by atoms with van der Waals surface area (Å²) >= 11 is 0. The van der Waals surface area contributed by atoms with Gasteiger partial charge in [-0.3, -0.25) is 0 Å². The summed E-state index contributed by atoms with van der Waals surface area (Å²) in [5, 5.41) is 13.1. The normalized spacial score (nSPS) is 14.4. The fourth-order valence-electron chi connectivity index (χ4n) is 3.32. The molecule has 2 aromatic carbocycles. The lowest BCUT2D eigenvalue weighted by molar-refractivity contribution is 0.174. The number of rotatable bonds is 3. The fraction of sp³-hybridized carbons (Fsp3) is 0.250. The van der Waals surface area contributed by atoms with Crippen LogP contribution in [0.3, 0.4) is 0 Å². The van der Waals surface area contributed by atoms with Crippen molar-refractivity contribution >= 4 is 11.8 Å². The SMILES string of the molecule is COc1ccc(C2=Cc3cc4c(cc3CCN2)OCO4)c(C#N)c1OC. The standard InChI is InChI=1S/C20H18N2O4/c1-23-17-4-3-14(15(10-21)20(17)24-2)16-7-13-9-19-18(25-11-26-19)8-12(13)5-6-22-16/h3-4,7-9,22H,5-6,11H2,1-2H3. The molecule has 0 amide bonds. The number of nitrogens with one attached hydrogen (secondary N) is 1. The number of hydrogen-bond donors (Lipinski definition) is 1. The van der Waals surface area contributed by atoms with E-state index in [4.69, 9.17) is 18.9 Å². The number of nitrogens with zero attached hydrogens (tertiary/aromatic N) is 1. The highest BCUT2D eigenvalue weighted by Crippen LogP contribution is 2.39. The van der Waals surface area contributed by atoms with Crippen molar-refractivity contribution in [3.05, 3.63) is 46.5 Å². The van der Waals surface area contributed by atoms with Crippen LogP contribution in [0.5, 0.6) is 23.0 Å². The van der Waals surface area contributed by atoms with E-state index >= 15 is 0 Å². The first-order valence-corrected chi connectivity index (χ1v) is 8.28. The average Bonchev–Trinajstić information content (AvgIpc) is 3.02. The van der Waals surface area contributed by atoms with Crippen LogP contribution in [0.25, 0.3) is 11.8 Å². The Morgan fingerprint density at radius 3 is 2.65 bits per heavy atom. The Labute approximate surface area is 151 Å². The molecule has 0 aromatic heterocycles. The van der Waals surface area contributed by atoms with Crippen LogP contribution in [0.2, 0.25) is 0 Å². The summed E-state index contributed by atoms with van der Waals surface area (Å²) in [4.78, 5) is 0. The minimum Gasteiger partial charge on any atom is -0.493 e. The Balaban J connectivity index is 1.85. The van der Waals surface area contributed by atoms with Gasteiger partial charge in [-0.1, -0.05) is 0 Å². The maximum atomic E-state index is 9.70. The van der Waals surface area contributed by atoms with Gasteiger partial charge in [-0.2, -0.15) is 5.26 Å². The molecule has 6 nitrogen and oxygen atoms in total. The van der Waals surface area contributed by atoms with Crippen molar-refractivity contribution < 1.29 is 18.9 Å². The molecule has 0 bridgehead atoms. The first-order valence-electron chi connectivity index (χ1n) is 8.28. The monoisotopic (exact) mass is 350 g/mol. The molecule has 0 atom stereocenters. The molecule has 2 aliphatic heterocycles. The number of fused-ring (bicyclic) bond motifs is 2. The van der Waals surface area contributed by atoms with Gasteiger partial charge in [0.1, 0.15) is 11.6 Å². The molecule has 2 aliphatic rings. The van der Waals surface area contributed by atoms with Crippen molar-refractivity contribution in [3.63, 3.8) is 0 Å². The molecular formula is C20H18N2O4. The first-order chi connectivity index (χ1) is 12.7. The summed E-state index contributed by atoms with van der Waals surface area (Å²) < 4.78 is 21.7. The summed E-state index contributed by atoms with van der Waals surface area (Å²) in [5.41, 5.74) is 4.30. The molecule has 26 heavy (non-hydrogen) atoms. The topological polar surface area (TPSA) is 72.7 Å². The van der Waals surface area contributed by atoms with Crippen LogP contribution in [-0.4, -0.2) is 27.6 Å². The van der Waals surface area contributed by atoms with Gasteiger partial charge in [-0.05, 0) is 47.9 Å². The highest BCUT2D eigenvalue weighted by atomic mass is 16.7. The van der Waals surface area contributed by atoms with Gasteiger partial charge in [-0.15, -0.1) is 0 Å². The van der Waals surface area contributed by atoms with Crippen LogP contribution < -0.4 is 24.3 Å². The number of ether oxygens (including phenoxy) is 4. The van der Waals surface area contributed by atoms with Crippen LogP contribution in [0.1, 0.15) is 22.3 Å². The van der Waals surface area contributed by atoms with Crippen molar-refractivity contribution in [2.45, 2.75) is 6.42 Å². The van der Waals surface area contributed by atoms with Crippen LogP contribution in [-0.2, 0) is 6.42 Å². The maximum Gasteiger partial charge on any atom is 0.231 e. The molecule has 6 heteroatoms. The number of benzene rings is 2. The van der Waals surface area contributed by atoms with E-state index in [-0.39, 0.29) is 6.79 Å². The Hall–Kier alpha value is -3.33. The summed E-state index contributed by atoms with van der Waals surface area (Å²) in [7, 11) is 3.09. The Morgan fingerprint density at radius 1 is 1.12 bits per heavy atom. The van der Waals surface area contributed by atoms with Gasteiger partial charge >= 0.3 is 0 Å². The molecule has 0 saturated heterocycles. The second-order valence-electron chi connectivity index (χ2n) is 5.97. The third kappa shape index (κ3) is 2.58. The largest absolute Gasteiger partial charge is 0.493 e. The minimum atomic E-state index is 0.251. The zero-order valence-corrected chi connectivity index (χ0v) is 14.6. The minimum absolute atomic E-state index is 0.251. The van der Waals surface area contributed by atoms with Crippen LogP contribution in [0.15, 0.2) is 24.3 Å². The summed E-state index contributed by atoms with van der Waals surface area (Å²) in [5.74, 6) is 2.50. The van der Waals surface area contributed by atoms with E-state index in [0.717, 1.165) is 41.3 Å². The predicted octanol–water partition coefficient (Wildman–Crippen LogP) is 2.95. The van der Waals surface area contributed by atoms with E-state index < -0.39 is 0 Å². The smallest absolute Gasteiger partial charge is 0.231 e. The number of methoxy groups -OCH3 is 2. The molecule has 2 aromatic rings. The third-order valence-electron chi connectivity index (χ3n) is 4.59. The van der Waals surface area contributed by atoms with Crippen molar-refractivity contribution in [2.75, 3.05) is 27.6 Å². The van der Waals surface area contributed by atoms with E-state index in [1.165, 1.54) is 12.7 Å². The molecule has 0 aliphatic carbocycles. The third-order valence-corrected chi connectivity index (χ3v) is 4.59. The zero-order chi connectivity index (χ0) is 18.1. The highest BCUT2D eigenvalue weighted by Gasteiger charge is 2.21. The van der Waals surface area contributed by atoms with Gasteiger partial charge in [0.25, 0.3) is 0 Å². The molecule has 0 fully saturated rings. The maximum absolute atomic E-state index is 9.70. The molecule has 0 unspecified atom stereocenters. The average molecular weight is 350 g/mol. The zero-order valence-electron chi connectivity index (χ0n) is 14.6. The van der Waals surface area contributed by atoms with Crippen molar-refractivity contribution in [1.29, 1.82) is 5.26 Å². The summed E-state index contributed by atoms with van der Waals surface area (Å²) in [6.45, 7) is 0.999. The van der Waals surface area contributed by atoms with Gasteiger partial charge < -0.3 is 24.3 Å². The Morgan fingerprint density at radius 2 is 1.92 bits per heavy atom. The molecule has 2 heterocycles. The summed E-state index contributed by atoms with van der Waals surface area (Å²) in [6, 6.07) is 9.93. The molecule has 0 radical (unpaired) electrons. The van der Waals surface area contributed by atoms with E-state index in [2.05, 4.69) is 11.4 Å². The van der Waals surface area contributed by atoms with Gasteiger partial charge in [0.05, 0.1) is 14.2 Å². The quantitative estimate of drug-likeness (QED) is 0.918. The molecular weight excluding hydrogens is 332 g/mol. The number of nitriles is 1. The van der Waals surface area contributed by atoms with Crippen molar-refractivity contribution in [1.82, 2.24) is 5.32 Å². The van der Waals surface area contributed by atoms with Crippen LogP contribution in [0, 0.1) is 11.3 Å². The van der Waals surface area contributed by atoms with E-state index in [9.17, 15) is 5.26 Å². The molecule has 1 N–H and O–H groups in total. The second-order valence-corrected chi connectivity index (χ2v) is 5.97. The lowest BCUT2D eigenvalue weighted by atomic mass is 10.00. The van der Waals surface area contributed by atoms with Gasteiger partial charge in [-0.25, -0.2) is 0 Å². The first kappa shape index (κ1) is 16.2.